The normalized spacial score (nSPS) is 12.2. The molecule has 0 aliphatic carbocycles. The molecule has 23 heavy (non-hydrogen) atoms. The van der Waals surface area contributed by atoms with Gasteiger partial charge < -0.3 is 9.16 Å². The second-order valence-corrected chi connectivity index (χ2v) is 13.2. The Morgan fingerprint density at radius 2 is 1.52 bits per heavy atom. The summed E-state index contributed by atoms with van der Waals surface area (Å²) < 4.78 is 12.4. The molecule has 5 heteroatoms. The lowest BCUT2D eigenvalue weighted by Gasteiger charge is -2.42. The minimum Gasteiger partial charge on any atom is -0.543 e. The third kappa shape index (κ3) is 3.99. The first-order chi connectivity index (χ1) is 10.6. The number of hydrogen-bond acceptors (Lipinski definition) is 3. The van der Waals surface area contributed by atoms with Gasteiger partial charge in [0.15, 0.2) is 0 Å². The van der Waals surface area contributed by atoms with Gasteiger partial charge in [-0.3, -0.25) is 0 Å². The van der Waals surface area contributed by atoms with E-state index in [1.165, 1.54) is 7.11 Å². The van der Waals surface area contributed by atoms with E-state index in [-0.39, 0.29) is 5.97 Å². The van der Waals surface area contributed by atoms with Crippen LogP contribution >= 0.6 is 15.9 Å². The van der Waals surface area contributed by atoms with Crippen molar-refractivity contribution < 1.29 is 14.0 Å². The highest BCUT2D eigenvalue weighted by Gasteiger charge is 2.47. The minimum atomic E-state index is -2.05. The van der Waals surface area contributed by atoms with Crippen molar-refractivity contribution in [2.45, 2.75) is 65.1 Å². The van der Waals surface area contributed by atoms with Crippen molar-refractivity contribution in [2.75, 3.05) is 7.11 Å². The first-order valence-corrected chi connectivity index (χ1v) is 11.1. The number of ether oxygens (including phenoxy) is 1. The summed E-state index contributed by atoms with van der Waals surface area (Å²) in [5.41, 5.74) is 2.85. The highest BCUT2D eigenvalue weighted by molar-refractivity contribution is 9.10. The number of carbonyl (C=O) groups is 1. The van der Waals surface area contributed by atoms with E-state index < -0.39 is 8.32 Å². The van der Waals surface area contributed by atoms with E-state index in [1.54, 1.807) is 0 Å². The first-order valence-electron chi connectivity index (χ1n) is 8.15. The fourth-order valence-corrected chi connectivity index (χ4v) is 9.26. The van der Waals surface area contributed by atoms with Gasteiger partial charge in [-0.1, -0.05) is 57.5 Å². The summed E-state index contributed by atoms with van der Waals surface area (Å²) in [5.74, 6) is 0.421. The van der Waals surface area contributed by atoms with Crippen molar-refractivity contribution in [3.8, 4) is 5.75 Å². The minimum absolute atomic E-state index is 0.334. The van der Waals surface area contributed by atoms with Gasteiger partial charge in [-0.15, -0.1) is 0 Å². The smallest absolute Gasteiger partial charge is 0.338 e. The van der Waals surface area contributed by atoms with Crippen molar-refractivity contribution in [3.05, 3.63) is 27.7 Å². The van der Waals surface area contributed by atoms with Crippen LogP contribution in [0.3, 0.4) is 0 Å². The molecule has 1 rings (SSSR count). The predicted molar refractivity (Wildman–Crippen MR) is 102 cm³/mol. The lowest BCUT2D eigenvalue weighted by Crippen LogP contribution is -2.50. The lowest BCUT2D eigenvalue weighted by molar-refractivity contribution is 0.0599. The molecule has 0 radical (unpaired) electrons. The van der Waals surface area contributed by atoms with Crippen LogP contribution in [-0.4, -0.2) is 21.4 Å². The Kier molecular flexibility index (Phi) is 6.90. The summed E-state index contributed by atoms with van der Waals surface area (Å²) in [4.78, 5) is 12.0. The van der Waals surface area contributed by atoms with Gasteiger partial charge in [-0.25, -0.2) is 4.79 Å². The Bertz CT molecular complexity index is 546. The summed E-state index contributed by atoms with van der Waals surface area (Å²) in [7, 11) is -0.648. The molecule has 130 valence electrons. The Hall–Kier alpha value is -0.813. The zero-order valence-electron chi connectivity index (χ0n) is 15.5. The van der Waals surface area contributed by atoms with Crippen molar-refractivity contribution in [3.63, 3.8) is 0 Å². The van der Waals surface area contributed by atoms with Gasteiger partial charge in [0, 0.05) is 4.47 Å². The van der Waals surface area contributed by atoms with Crippen molar-refractivity contribution >= 4 is 30.2 Å². The molecule has 0 bridgehead atoms. The fourth-order valence-electron chi connectivity index (χ4n) is 3.59. The van der Waals surface area contributed by atoms with Gasteiger partial charge in [0.25, 0.3) is 8.32 Å². The average molecular weight is 401 g/mol. The summed E-state index contributed by atoms with van der Waals surface area (Å²) in [6.07, 6.45) is 0. The van der Waals surface area contributed by atoms with Crippen LogP contribution in [0.2, 0.25) is 16.6 Å². The molecular formula is C18H29BrO3Si. The second kappa shape index (κ2) is 7.84. The molecule has 0 unspecified atom stereocenters. The van der Waals surface area contributed by atoms with Crippen LogP contribution in [0.1, 0.15) is 57.5 Å². The average Bonchev–Trinajstić information content (AvgIpc) is 2.46. The van der Waals surface area contributed by atoms with Crippen LogP contribution in [0.25, 0.3) is 0 Å². The molecule has 1 aromatic rings. The summed E-state index contributed by atoms with van der Waals surface area (Å²) in [5, 5.41) is 0. The van der Waals surface area contributed by atoms with Gasteiger partial charge in [-0.2, -0.15) is 0 Å². The molecule has 0 fully saturated rings. The van der Waals surface area contributed by atoms with Gasteiger partial charge in [-0.05, 0) is 41.2 Å². The number of hydrogen-bond donors (Lipinski definition) is 0. The quantitative estimate of drug-likeness (QED) is 0.427. The number of benzene rings is 1. The number of rotatable bonds is 6. The van der Waals surface area contributed by atoms with E-state index in [9.17, 15) is 4.79 Å². The second-order valence-electron chi connectivity index (χ2n) is 6.99. The van der Waals surface area contributed by atoms with Gasteiger partial charge in [0.2, 0.25) is 0 Å². The topological polar surface area (TPSA) is 35.5 Å². The molecule has 0 saturated carbocycles. The maximum atomic E-state index is 12.0. The highest BCUT2D eigenvalue weighted by Crippen LogP contribution is 2.43. The molecule has 0 amide bonds. The van der Waals surface area contributed by atoms with Crippen LogP contribution in [0.5, 0.6) is 5.75 Å². The molecule has 1 aromatic carbocycles. The standard InChI is InChI=1S/C18H29BrO3Si/c1-11(2)23(12(3)4,13(5)6)22-15-9-16(18(20)21-8)14(7)17(19)10-15/h9-13H,1-8H3. The van der Waals surface area contributed by atoms with Crippen molar-refractivity contribution in [1.29, 1.82) is 0 Å². The Balaban J connectivity index is 3.40. The van der Waals surface area contributed by atoms with Crippen LogP contribution in [0, 0.1) is 6.92 Å². The van der Waals surface area contributed by atoms with Crippen molar-refractivity contribution in [2.24, 2.45) is 0 Å². The number of halogens is 1. The predicted octanol–water partition coefficient (Wildman–Crippen LogP) is 6.10. The zero-order chi connectivity index (χ0) is 17.9. The van der Waals surface area contributed by atoms with E-state index in [0.717, 1.165) is 15.8 Å². The monoisotopic (exact) mass is 400 g/mol. The summed E-state index contributed by atoms with van der Waals surface area (Å²) >= 11 is 3.54. The number of methoxy groups -OCH3 is 1. The van der Waals surface area contributed by atoms with E-state index in [2.05, 4.69) is 57.5 Å². The van der Waals surface area contributed by atoms with E-state index in [1.807, 2.05) is 19.1 Å². The maximum Gasteiger partial charge on any atom is 0.338 e. The molecule has 0 aliphatic rings. The molecule has 3 nitrogen and oxygen atoms in total. The molecule has 0 aliphatic heterocycles. The third-order valence-corrected chi connectivity index (χ3v) is 11.6. The fraction of sp³-hybridized carbons (Fsp3) is 0.611. The van der Waals surface area contributed by atoms with Gasteiger partial charge in [0.1, 0.15) is 5.75 Å². The summed E-state index contributed by atoms with van der Waals surface area (Å²) in [6.45, 7) is 15.4. The number of esters is 1. The van der Waals surface area contributed by atoms with Crippen LogP contribution in [0.4, 0.5) is 0 Å². The van der Waals surface area contributed by atoms with Crippen molar-refractivity contribution in [1.82, 2.24) is 0 Å². The van der Waals surface area contributed by atoms with E-state index >= 15 is 0 Å². The molecule has 0 spiro atoms. The molecule has 0 atom stereocenters. The Morgan fingerprint density at radius 3 is 1.91 bits per heavy atom. The summed E-state index contributed by atoms with van der Waals surface area (Å²) in [6, 6.07) is 3.79. The molecular weight excluding hydrogens is 372 g/mol. The molecule has 0 saturated heterocycles. The molecule has 0 heterocycles. The molecule has 0 N–H and O–H groups in total. The SMILES string of the molecule is COC(=O)c1cc(O[Si](C(C)C)(C(C)C)C(C)C)cc(Br)c1C. The number of carbonyl (C=O) groups excluding carboxylic acids is 1. The Labute approximate surface area is 150 Å². The zero-order valence-corrected chi connectivity index (χ0v) is 18.1. The lowest BCUT2D eigenvalue weighted by atomic mass is 10.1. The largest absolute Gasteiger partial charge is 0.543 e. The van der Waals surface area contributed by atoms with Gasteiger partial charge >= 0.3 is 5.97 Å². The highest BCUT2D eigenvalue weighted by atomic mass is 79.9. The maximum absolute atomic E-state index is 12.0. The van der Waals surface area contributed by atoms with E-state index in [0.29, 0.717) is 22.2 Å². The van der Waals surface area contributed by atoms with Crippen LogP contribution < -0.4 is 4.43 Å². The molecule has 0 aromatic heterocycles. The van der Waals surface area contributed by atoms with E-state index in [4.69, 9.17) is 9.16 Å². The van der Waals surface area contributed by atoms with Crippen LogP contribution in [0.15, 0.2) is 16.6 Å². The first kappa shape index (κ1) is 20.2. The van der Waals surface area contributed by atoms with Gasteiger partial charge in [0.05, 0.1) is 12.7 Å². The Morgan fingerprint density at radius 1 is 1.04 bits per heavy atom. The van der Waals surface area contributed by atoms with Crippen LogP contribution in [-0.2, 0) is 4.74 Å². The third-order valence-electron chi connectivity index (χ3n) is 4.72.